The van der Waals surface area contributed by atoms with Crippen molar-refractivity contribution in [1.29, 1.82) is 0 Å². The standard InChI is InChI=1S/C3H7N3O/c1-2(7)6-3(4)5/h1H3,(H4,4,5,6,7)/p+1. The number of hydrogen-bond donors (Lipinski definition) is 3. The molecule has 0 aliphatic heterocycles. The van der Waals surface area contributed by atoms with Gasteiger partial charge in [0.1, 0.15) is 0 Å². The van der Waals surface area contributed by atoms with Crippen LogP contribution in [0.2, 0.25) is 0 Å². The van der Waals surface area contributed by atoms with Gasteiger partial charge >= 0.3 is 5.96 Å². The Labute approximate surface area is 41.2 Å². The topological polar surface area (TPSA) is 80.7 Å². The first-order valence-electron chi connectivity index (χ1n) is 1.78. The largest absolute Gasteiger partial charge is 0.346 e. The number of carbonyl (C=O) groups excluding carboxylic acids is 1. The van der Waals surface area contributed by atoms with E-state index >= 15 is 0 Å². The van der Waals surface area contributed by atoms with Crippen LogP contribution in [0.4, 0.5) is 0 Å². The summed E-state index contributed by atoms with van der Waals surface area (Å²) >= 11 is 0. The average molecular weight is 102 g/mol. The normalized spacial score (nSPS) is 7.57. The van der Waals surface area contributed by atoms with Crippen LogP contribution in [0.25, 0.3) is 0 Å². The zero-order chi connectivity index (χ0) is 5.86. The van der Waals surface area contributed by atoms with Crippen molar-refractivity contribution in [2.45, 2.75) is 6.92 Å². The van der Waals surface area contributed by atoms with E-state index < -0.39 is 0 Å². The minimum atomic E-state index is -0.250. The number of amides is 1. The van der Waals surface area contributed by atoms with Crippen LogP contribution < -0.4 is 16.5 Å². The van der Waals surface area contributed by atoms with Crippen LogP contribution in [-0.2, 0) is 4.79 Å². The van der Waals surface area contributed by atoms with Gasteiger partial charge in [0, 0.05) is 6.92 Å². The fraction of sp³-hybridized carbons (Fsp3) is 0.333. The van der Waals surface area contributed by atoms with Gasteiger partial charge in [-0.25, -0.2) is 5.32 Å². The maximum atomic E-state index is 9.96. The predicted molar refractivity (Wildman–Crippen MR) is 24.9 cm³/mol. The van der Waals surface area contributed by atoms with E-state index in [1.165, 1.54) is 6.92 Å². The number of nitrogens with two attached hydrogens (primary N) is 2. The second-order valence-electron chi connectivity index (χ2n) is 1.14. The molecule has 0 aliphatic rings. The van der Waals surface area contributed by atoms with E-state index in [1.807, 2.05) is 0 Å². The molecule has 0 rings (SSSR count). The molecule has 0 spiro atoms. The minimum Gasteiger partial charge on any atom is -0.291 e. The first-order valence-corrected chi connectivity index (χ1v) is 1.78. The van der Waals surface area contributed by atoms with Gasteiger partial charge in [0.05, 0.1) is 0 Å². The molecule has 4 nitrogen and oxygen atoms in total. The molecular formula is C3H8N3O+. The summed E-state index contributed by atoms with van der Waals surface area (Å²) < 4.78 is 0. The number of carbonyl (C=O) groups is 1. The molecule has 0 fully saturated rings. The molecule has 0 aromatic carbocycles. The summed E-state index contributed by atoms with van der Waals surface area (Å²) in [6, 6.07) is 0. The fourth-order valence-electron chi connectivity index (χ4n) is 0.203. The monoisotopic (exact) mass is 102 g/mol. The van der Waals surface area contributed by atoms with E-state index in [4.69, 9.17) is 11.1 Å². The van der Waals surface area contributed by atoms with Crippen molar-refractivity contribution in [3.8, 4) is 0 Å². The van der Waals surface area contributed by atoms with Gasteiger partial charge in [-0.3, -0.25) is 15.9 Å². The zero-order valence-corrected chi connectivity index (χ0v) is 4.06. The summed E-state index contributed by atoms with van der Waals surface area (Å²) in [5, 5.41) is 6.99. The zero-order valence-electron chi connectivity index (χ0n) is 4.06. The molecule has 0 aliphatic carbocycles. The van der Waals surface area contributed by atoms with Crippen LogP contribution in [-0.4, -0.2) is 11.9 Å². The third-order valence-corrected chi connectivity index (χ3v) is 0.320. The quantitative estimate of drug-likeness (QED) is 0.228. The Morgan fingerprint density at radius 1 is 1.86 bits per heavy atom. The van der Waals surface area contributed by atoms with Gasteiger partial charge in [-0.2, -0.15) is 0 Å². The smallest absolute Gasteiger partial charge is 0.291 e. The van der Waals surface area contributed by atoms with Gasteiger partial charge in [0.15, 0.2) is 0 Å². The van der Waals surface area contributed by atoms with Crippen molar-refractivity contribution in [1.82, 2.24) is 5.32 Å². The van der Waals surface area contributed by atoms with Crippen LogP contribution in [0.3, 0.4) is 0 Å². The Bertz CT molecular complexity index is 86.4. The molecule has 7 heavy (non-hydrogen) atoms. The lowest BCUT2D eigenvalue weighted by atomic mass is 10.7. The van der Waals surface area contributed by atoms with Crippen molar-refractivity contribution in [2.75, 3.05) is 0 Å². The molecule has 0 atom stereocenters. The number of hydrogen-bond acceptors (Lipinski definition) is 1. The lowest BCUT2D eigenvalue weighted by molar-refractivity contribution is -0.128. The van der Waals surface area contributed by atoms with E-state index in [0.29, 0.717) is 0 Å². The molecule has 0 saturated carbocycles. The molecule has 1 amide bonds. The van der Waals surface area contributed by atoms with E-state index in [-0.39, 0.29) is 11.9 Å². The van der Waals surface area contributed by atoms with Crippen LogP contribution in [0.5, 0.6) is 0 Å². The summed E-state index contributed by atoms with van der Waals surface area (Å²) in [5.41, 5.74) is 4.86. The molecule has 5 N–H and O–H groups in total. The van der Waals surface area contributed by atoms with Crippen molar-refractivity contribution < 1.29 is 10.2 Å². The summed E-state index contributed by atoms with van der Waals surface area (Å²) in [4.78, 5) is 9.96. The Kier molecular flexibility index (Phi) is 1.84. The number of guanidine groups is 1. The Morgan fingerprint density at radius 2 is 2.29 bits per heavy atom. The lowest BCUT2D eigenvalue weighted by Crippen LogP contribution is -2.55. The summed E-state index contributed by atoms with van der Waals surface area (Å²) in [5.74, 6) is -0.312. The number of nitrogens with one attached hydrogen (secondary N) is 1. The summed E-state index contributed by atoms with van der Waals surface area (Å²) in [6.07, 6.45) is 0. The number of rotatable bonds is 0. The van der Waals surface area contributed by atoms with Gasteiger partial charge in [0.25, 0.3) is 5.91 Å². The van der Waals surface area contributed by atoms with Crippen LogP contribution in [0, 0.1) is 0 Å². The molecule has 0 aromatic rings. The van der Waals surface area contributed by atoms with Gasteiger partial charge in [0.2, 0.25) is 0 Å². The molecule has 0 unspecified atom stereocenters. The third-order valence-electron chi connectivity index (χ3n) is 0.320. The highest BCUT2D eigenvalue weighted by Crippen LogP contribution is 1.49. The first kappa shape index (κ1) is 5.94. The maximum Gasteiger partial charge on any atom is 0.346 e. The highest BCUT2D eigenvalue weighted by atomic mass is 16.1. The molecule has 0 saturated heterocycles. The second-order valence-corrected chi connectivity index (χ2v) is 1.14. The minimum absolute atomic E-state index is 0.0625. The first-order chi connectivity index (χ1) is 3.13. The molecule has 4 heteroatoms. The highest BCUT2D eigenvalue weighted by Gasteiger charge is 1.95. The van der Waals surface area contributed by atoms with Crippen LogP contribution >= 0.6 is 0 Å². The maximum absolute atomic E-state index is 9.96. The SMILES string of the molecule is CC(=O)NC(N)=[NH2+]. The van der Waals surface area contributed by atoms with Crippen molar-refractivity contribution in [3.63, 3.8) is 0 Å². The Balaban J connectivity index is 3.32. The summed E-state index contributed by atoms with van der Waals surface area (Å²) in [6.45, 7) is 1.33. The molecule has 0 bridgehead atoms. The van der Waals surface area contributed by atoms with Gasteiger partial charge in [-0.1, -0.05) is 0 Å². The average Bonchev–Trinajstić information content (AvgIpc) is 1.27. The summed E-state index contributed by atoms with van der Waals surface area (Å²) in [7, 11) is 0. The molecule has 40 valence electrons. The van der Waals surface area contributed by atoms with Gasteiger partial charge < -0.3 is 0 Å². The fourth-order valence-corrected chi connectivity index (χ4v) is 0.203. The van der Waals surface area contributed by atoms with E-state index in [0.717, 1.165) is 0 Å². The van der Waals surface area contributed by atoms with Crippen LogP contribution in [0.15, 0.2) is 0 Å². The van der Waals surface area contributed by atoms with Crippen molar-refractivity contribution in [2.24, 2.45) is 5.73 Å². The molecule has 0 aromatic heterocycles. The second kappa shape index (κ2) is 2.17. The lowest BCUT2D eigenvalue weighted by Gasteiger charge is -1.83. The van der Waals surface area contributed by atoms with Gasteiger partial charge in [-0.05, 0) is 0 Å². The highest BCUT2D eigenvalue weighted by molar-refractivity contribution is 5.91. The van der Waals surface area contributed by atoms with Crippen molar-refractivity contribution >= 4 is 11.9 Å². The molecular weight excluding hydrogens is 94.1 g/mol. The molecule has 0 heterocycles. The van der Waals surface area contributed by atoms with Crippen molar-refractivity contribution in [3.05, 3.63) is 0 Å². The van der Waals surface area contributed by atoms with E-state index in [2.05, 4.69) is 5.32 Å². The molecule has 0 radical (unpaired) electrons. The van der Waals surface area contributed by atoms with E-state index in [9.17, 15) is 4.79 Å². The predicted octanol–water partition coefficient (Wildman–Crippen LogP) is -2.80. The third kappa shape index (κ3) is 4.94. The van der Waals surface area contributed by atoms with E-state index in [1.54, 1.807) is 0 Å². The van der Waals surface area contributed by atoms with Crippen LogP contribution in [0.1, 0.15) is 6.92 Å². The van der Waals surface area contributed by atoms with Gasteiger partial charge in [-0.15, -0.1) is 0 Å². The Morgan fingerprint density at radius 3 is 2.29 bits per heavy atom. The Hall–Kier alpha value is -1.06.